The average Bonchev–Trinajstić information content (AvgIpc) is 3.29. The van der Waals surface area contributed by atoms with Gasteiger partial charge in [0.2, 0.25) is 5.90 Å². The summed E-state index contributed by atoms with van der Waals surface area (Å²) in [4.78, 5) is 21.4. The molecule has 0 fully saturated rings. The average molecular weight is 568 g/mol. The van der Waals surface area contributed by atoms with E-state index in [0.29, 0.717) is 35.6 Å². The van der Waals surface area contributed by atoms with Crippen molar-refractivity contribution in [3.8, 4) is 5.75 Å². The molecular weight excluding hydrogens is 539 g/mol. The molecule has 4 rings (SSSR count). The molecule has 1 aliphatic rings. The fraction of sp³-hybridized carbons (Fsp3) is 0.310. The lowest BCUT2D eigenvalue weighted by Crippen LogP contribution is -2.52. The second kappa shape index (κ2) is 12.8. The third-order valence-electron chi connectivity index (χ3n) is 6.69. The van der Waals surface area contributed by atoms with E-state index < -0.39 is 29.3 Å². The summed E-state index contributed by atoms with van der Waals surface area (Å²) in [6.45, 7) is 1.62. The summed E-state index contributed by atoms with van der Waals surface area (Å²) in [6.07, 6.45) is -4.97. The Bertz CT molecular complexity index is 1460. The SMILES string of the molecule is C[C@H]1OC(c2ccc(OCCCO)cc2)=N[C@@]1(Cc1ccccc1N=[N+]=[N-])C(=O)NCc1ccccc1C(F)(F)F. The summed E-state index contributed by atoms with van der Waals surface area (Å²) < 4.78 is 52.3. The second-order valence-corrected chi connectivity index (χ2v) is 9.38. The van der Waals surface area contributed by atoms with Crippen molar-refractivity contribution in [2.45, 2.75) is 44.1 Å². The Kier molecular flexibility index (Phi) is 9.16. The van der Waals surface area contributed by atoms with Gasteiger partial charge in [-0.1, -0.05) is 47.6 Å². The molecule has 41 heavy (non-hydrogen) atoms. The van der Waals surface area contributed by atoms with Gasteiger partial charge >= 0.3 is 6.18 Å². The normalized spacial score (nSPS) is 18.2. The first-order chi connectivity index (χ1) is 19.7. The number of benzene rings is 3. The smallest absolute Gasteiger partial charge is 0.416 e. The molecule has 1 amide bonds. The van der Waals surface area contributed by atoms with E-state index in [1.54, 1.807) is 55.5 Å². The minimum absolute atomic E-state index is 0.00929. The molecule has 214 valence electrons. The van der Waals surface area contributed by atoms with Crippen LogP contribution in [0.2, 0.25) is 0 Å². The van der Waals surface area contributed by atoms with E-state index in [0.717, 1.165) is 6.07 Å². The van der Waals surface area contributed by atoms with Crippen LogP contribution in [0.1, 0.15) is 35.6 Å². The molecule has 2 atom stereocenters. The van der Waals surface area contributed by atoms with Gasteiger partial charge in [-0.05, 0) is 53.9 Å². The second-order valence-electron chi connectivity index (χ2n) is 9.38. The number of alkyl halides is 3. The first kappa shape index (κ1) is 29.4. The van der Waals surface area contributed by atoms with Crippen molar-refractivity contribution in [2.24, 2.45) is 10.1 Å². The molecule has 2 N–H and O–H groups in total. The highest BCUT2D eigenvalue weighted by Gasteiger charge is 2.50. The number of hydrogen-bond donors (Lipinski definition) is 2. The van der Waals surface area contributed by atoms with Crippen molar-refractivity contribution < 1.29 is 32.5 Å². The Morgan fingerprint density at radius 1 is 1.12 bits per heavy atom. The number of aliphatic hydroxyl groups is 1. The van der Waals surface area contributed by atoms with Crippen LogP contribution in [0.25, 0.3) is 10.4 Å². The minimum Gasteiger partial charge on any atom is -0.494 e. The molecule has 0 spiro atoms. The molecule has 0 saturated carbocycles. The van der Waals surface area contributed by atoms with Crippen LogP contribution in [0.3, 0.4) is 0 Å². The van der Waals surface area contributed by atoms with Crippen LogP contribution in [0.15, 0.2) is 82.9 Å². The topological polar surface area (TPSA) is 129 Å². The largest absolute Gasteiger partial charge is 0.494 e. The molecule has 0 aliphatic carbocycles. The van der Waals surface area contributed by atoms with E-state index in [2.05, 4.69) is 15.3 Å². The molecular formula is C29H28F3N5O4. The van der Waals surface area contributed by atoms with Gasteiger partial charge in [-0.25, -0.2) is 4.99 Å². The van der Waals surface area contributed by atoms with Gasteiger partial charge in [0.15, 0.2) is 5.54 Å². The molecule has 1 heterocycles. The van der Waals surface area contributed by atoms with E-state index in [1.807, 2.05) is 0 Å². The van der Waals surface area contributed by atoms with Gasteiger partial charge in [0.05, 0.1) is 12.2 Å². The van der Waals surface area contributed by atoms with Gasteiger partial charge in [-0.2, -0.15) is 13.2 Å². The first-order valence-corrected chi connectivity index (χ1v) is 12.8. The third-order valence-corrected chi connectivity index (χ3v) is 6.69. The van der Waals surface area contributed by atoms with E-state index >= 15 is 0 Å². The lowest BCUT2D eigenvalue weighted by molar-refractivity contribution is -0.138. The number of azide groups is 1. The number of aliphatic hydroxyl groups excluding tert-OH is 1. The summed E-state index contributed by atoms with van der Waals surface area (Å²) in [5.41, 5.74) is 7.88. The summed E-state index contributed by atoms with van der Waals surface area (Å²) in [6, 6.07) is 18.5. The van der Waals surface area contributed by atoms with Crippen LogP contribution >= 0.6 is 0 Å². The lowest BCUT2D eigenvalue weighted by atomic mass is 9.85. The van der Waals surface area contributed by atoms with Crippen molar-refractivity contribution in [2.75, 3.05) is 13.2 Å². The number of ether oxygens (including phenoxy) is 2. The van der Waals surface area contributed by atoms with E-state index in [1.165, 1.54) is 18.2 Å². The molecule has 0 aromatic heterocycles. The fourth-order valence-corrected chi connectivity index (χ4v) is 4.52. The standard InChI is InChI=1S/C29H28F3N5O4/c1-19-28(17-21-7-3-5-10-25(21)36-37-33,27(39)34-18-22-8-2-4-9-24(22)29(30,31)32)35-26(41-19)20-11-13-23(14-12-20)40-16-6-15-38/h2-5,7-14,19,38H,6,15-18H2,1H3,(H,34,39)/t19-,28-/m1/s1. The van der Waals surface area contributed by atoms with E-state index in [-0.39, 0.29) is 31.0 Å². The van der Waals surface area contributed by atoms with Gasteiger partial charge in [0, 0.05) is 42.2 Å². The quantitative estimate of drug-likeness (QED) is 0.130. The molecule has 12 heteroatoms. The highest BCUT2D eigenvalue weighted by molar-refractivity contribution is 6.01. The van der Waals surface area contributed by atoms with Gasteiger partial charge in [-0.3, -0.25) is 4.79 Å². The highest BCUT2D eigenvalue weighted by atomic mass is 19.4. The Morgan fingerprint density at radius 3 is 2.49 bits per heavy atom. The number of carbonyl (C=O) groups is 1. The van der Waals surface area contributed by atoms with Gasteiger partial charge in [-0.15, -0.1) is 0 Å². The third kappa shape index (κ3) is 6.79. The summed E-state index contributed by atoms with van der Waals surface area (Å²) in [5, 5.41) is 15.3. The van der Waals surface area contributed by atoms with E-state index in [9.17, 15) is 18.0 Å². The molecule has 3 aromatic carbocycles. The number of nitrogens with one attached hydrogen (secondary N) is 1. The number of carbonyl (C=O) groups excluding carboxylic acids is 1. The Balaban J connectivity index is 1.68. The van der Waals surface area contributed by atoms with Crippen LogP contribution in [-0.4, -0.2) is 41.8 Å². The van der Waals surface area contributed by atoms with Crippen LogP contribution in [-0.2, 0) is 28.7 Å². The van der Waals surface area contributed by atoms with E-state index in [4.69, 9.17) is 25.1 Å². The van der Waals surface area contributed by atoms with Crippen LogP contribution in [0.5, 0.6) is 5.75 Å². The number of amides is 1. The molecule has 0 saturated heterocycles. The maximum absolute atomic E-state index is 13.8. The number of rotatable bonds is 11. The summed E-state index contributed by atoms with van der Waals surface area (Å²) in [7, 11) is 0. The van der Waals surface area contributed by atoms with Gasteiger partial charge < -0.3 is 19.9 Å². The van der Waals surface area contributed by atoms with Crippen LogP contribution in [0.4, 0.5) is 18.9 Å². The molecule has 9 nitrogen and oxygen atoms in total. The summed E-state index contributed by atoms with van der Waals surface area (Å²) >= 11 is 0. The van der Waals surface area contributed by atoms with Gasteiger partial charge in [0.25, 0.3) is 5.91 Å². The zero-order chi connectivity index (χ0) is 29.5. The first-order valence-electron chi connectivity index (χ1n) is 12.8. The number of nitrogens with zero attached hydrogens (tertiary/aromatic N) is 4. The van der Waals surface area contributed by atoms with Crippen molar-refractivity contribution >= 4 is 17.5 Å². The lowest BCUT2D eigenvalue weighted by Gasteiger charge is -2.29. The maximum atomic E-state index is 13.8. The van der Waals surface area contributed by atoms with Crippen LogP contribution in [0, 0.1) is 0 Å². The maximum Gasteiger partial charge on any atom is 0.416 e. The predicted molar refractivity (Wildman–Crippen MR) is 146 cm³/mol. The summed E-state index contributed by atoms with van der Waals surface area (Å²) in [5.74, 6) is 0.104. The monoisotopic (exact) mass is 567 g/mol. The Labute approximate surface area is 234 Å². The molecule has 0 unspecified atom stereocenters. The highest BCUT2D eigenvalue weighted by Crippen LogP contribution is 2.36. The van der Waals surface area contributed by atoms with Crippen molar-refractivity contribution in [3.63, 3.8) is 0 Å². The zero-order valence-corrected chi connectivity index (χ0v) is 22.1. The molecule has 1 aliphatic heterocycles. The predicted octanol–water partition coefficient (Wildman–Crippen LogP) is 5.87. The fourth-order valence-electron chi connectivity index (χ4n) is 4.52. The zero-order valence-electron chi connectivity index (χ0n) is 22.1. The molecule has 0 radical (unpaired) electrons. The molecule has 3 aromatic rings. The van der Waals surface area contributed by atoms with Crippen molar-refractivity contribution in [1.29, 1.82) is 0 Å². The Hall–Kier alpha value is -4.54. The van der Waals surface area contributed by atoms with Crippen molar-refractivity contribution in [3.05, 3.63) is 105 Å². The number of hydrogen-bond acceptors (Lipinski definition) is 6. The Morgan fingerprint density at radius 2 is 1.80 bits per heavy atom. The number of halogens is 3. The van der Waals surface area contributed by atoms with Gasteiger partial charge in [0.1, 0.15) is 11.9 Å². The van der Waals surface area contributed by atoms with Crippen molar-refractivity contribution in [1.82, 2.24) is 5.32 Å². The number of aliphatic imine (C=N–C) groups is 1. The molecule has 0 bridgehead atoms. The van der Waals surface area contributed by atoms with Crippen LogP contribution < -0.4 is 10.1 Å². The minimum atomic E-state index is -4.59.